The predicted molar refractivity (Wildman–Crippen MR) is 159 cm³/mol. The molecule has 0 amide bonds. The van der Waals surface area contributed by atoms with Gasteiger partial charge >= 0.3 is 5.97 Å². The molecule has 4 rings (SSSR count). The Morgan fingerprint density at radius 1 is 0.949 bits per heavy atom. The predicted octanol–water partition coefficient (Wildman–Crippen LogP) is 7.41. The third kappa shape index (κ3) is 6.67. The molecule has 1 atom stereocenters. The molecule has 4 aromatic rings. The van der Waals surface area contributed by atoms with Gasteiger partial charge in [-0.25, -0.2) is 4.98 Å². The highest BCUT2D eigenvalue weighted by Gasteiger charge is 2.25. The van der Waals surface area contributed by atoms with E-state index in [1.165, 1.54) is 0 Å². The minimum absolute atomic E-state index is 0.00207. The zero-order valence-corrected chi connectivity index (χ0v) is 24.1. The first-order valence-electron chi connectivity index (χ1n) is 12.3. The average molecular weight is 628 g/mol. The largest absolute Gasteiger partial charge is 0.481 e. The summed E-state index contributed by atoms with van der Waals surface area (Å²) in [5, 5.41) is 10.2. The summed E-state index contributed by atoms with van der Waals surface area (Å²) in [6, 6.07) is 21.2. The molecule has 0 spiro atoms. The molecular formula is C30H25BrCl2N2O4. The van der Waals surface area contributed by atoms with E-state index in [4.69, 9.17) is 28.3 Å². The van der Waals surface area contributed by atoms with Crippen LogP contribution >= 0.6 is 39.1 Å². The van der Waals surface area contributed by atoms with Gasteiger partial charge in [0.1, 0.15) is 5.69 Å². The van der Waals surface area contributed by atoms with Crippen molar-refractivity contribution in [3.8, 4) is 22.5 Å². The van der Waals surface area contributed by atoms with Crippen molar-refractivity contribution < 1.29 is 9.90 Å². The maximum absolute atomic E-state index is 14.2. The van der Waals surface area contributed by atoms with E-state index in [-0.39, 0.29) is 18.7 Å². The van der Waals surface area contributed by atoms with E-state index in [1.807, 2.05) is 43.3 Å². The highest BCUT2D eigenvalue weighted by molar-refractivity contribution is 9.10. The molecule has 1 aromatic heterocycles. The van der Waals surface area contributed by atoms with Gasteiger partial charge in [0.05, 0.1) is 11.3 Å². The third-order valence-corrected chi connectivity index (χ3v) is 7.68. The Bertz CT molecular complexity index is 1620. The lowest BCUT2D eigenvalue weighted by Crippen LogP contribution is -2.23. The number of carboxylic acid groups (broad SMARTS) is 1. The minimum Gasteiger partial charge on any atom is -0.481 e. The quantitative estimate of drug-likeness (QED) is 0.195. The van der Waals surface area contributed by atoms with E-state index in [0.29, 0.717) is 49.7 Å². The molecule has 39 heavy (non-hydrogen) atoms. The summed E-state index contributed by atoms with van der Waals surface area (Å²) in [6.07, 6.45) is 0.754. The van der Waals surface area contributed by atoms with Crippen molar-refractivity contribution in [2.75, 3.05) is 0 Å². The van der Waals surface area contributed by atoms with Gasteiger partial charge in [-0.3, -0.25) is 14.4 Å². The number of hydrogen-bond donors (Lipinski definition) is 1. The van der Waals surface area contributed by atoms with Crippen LogP contribution in [0.1, 0.15) is 43.2 Å². The SMILES string of the molecule is CC(c1ccc(Cl)cc1)c1c(-c2ccccc2Br)n(CCCCC(=O)O)c(=O)c(-c2ccc(Cl)cc2)nc1=O. The number of halogens is 3. The number of nitrogens with zero attached hydrogens (tertiary/aromatic N) is 2. The Labute approximate surface area is 244 Å². The van der Waals surface area contributed by atoms with Crippen molar-refractivity contribution in [2.24, 2.45) is 0 Å². The van der Waals surface area contributed by atoms with Crippen molar-refractivity contribution in [2.45, 2.75) is 38.6 Å². The second-order valence-electron chi connectivity index (χ2n) is 9.10. The van der Waals surface area contributed by atoms with Gasteiger partial charge in [0.2, 0.25) is 0 Å². The number of hydrogen-bond acceptors (Lipinski definition) is 4. The topological polar surface area (TPSA) is 89.3 Å². The van der Waals surface area contributed by atoms with Crippen molar-refractivity contribution in [3.05, 3.63) is 119 Å². The fourth-order valence-electron chi connectivity index (χ4n) is 4.49. The Kier molecular flexibility index (Phi) is 9.38. The zero-order valence-electron chi connectivity index (χ0n) is 21.0. The van der Waals surface area contributed by atoms with Crippen LogP contribution in [-0.4, -0.2) is 20.6 Å². The molecule has 9 heteroatoms. The molecule has 200 valence electrons. The lowest BCUT2D eigenvalue weighted by molar-refractivity contribution is -0.137. The molecule has 1 heterocycles. The second kappa shape index (κ2) is 12.7. The van der Waals surface area contributed by atoms with Crippen LogP contribution < -0.4 is 11.1 Å². The third-order valence-electron chi connectivity index (χ3n) is 6.49. The van der Waals surface area contributed by atoms with E-state index in [2.05, 4.69) is 20.9 Å². The highest BCUT2D eigenvalue weighted by atomic mass is 79.9. The van der Waals surface area contributed by atoms with Crippen LogP contribution in [0.4, 0.5) is 0 Å². The molecule has 0 saturated heterocycles. The second-order valence-corrected chi connectivity index (χ2v) is 10.8. The lowest BCUT2D eigenvalue weighted by Gasteiger charge is -2.19. The van der Waals surface area contributed by atoms with E-state index in [9.17, 15) is 14.4 Å². The number of carbonyl (C=O) groups is 1. The Morgan fingerprint density at radius 3 is 2.18 bits per heavy atom. The van der Waals surface area contributed by atoms with Gasteiger partial charge < -0.3 is 9.67 Å². The molecule has 1 N–H and O–H groups in total. The average Bonchev–Trinajstić information content (AvgIpc) is 3.01. The van der Waals surface area contributed by atoms with Gasteiger partial charge in [0, 0.05) is 44.5 Å². The van der Waals surface area contributed by atoms with Crippen LogP contribution in [-0.2, 0) is 11.3 Å². The fourth-order valence-corrected chi connectivity index (χ4v) is 5.22. The Balaban J connectivity index is 2.08. The van der Waals surface area contributed by atoms with E-state index in [1.54, 1.807) is 41.0 Å². The maximum Gasteiger partial charge on any atom is 0.303 e. The molecule has 3 aromatic carbocycles. The minimum atomic E-state index is -0.908. The summed E-state index contributed by atoms with van der Waals surface area (Å²) >= 11 is 15.8. The summed E-state index contributed by atoms with van der Waals surface area (Å²) in [5.74, 6) is -1.35. The van der Waals surface area contributed by atoms with Crippen molar-refractivity contribution in [1.29, 1.82) is 0 Å². The molecular weight excluding hydrogens is 603 g/mol. The van der Waals surface area contributed by atoms with E-state index >= 15 is 0 Å². The van der Waals surface area contributed by atoms with Crippen LogP contribution in [0.25, 0.3) is 22.5 Å². The summed E-state index contributed by atoms with van der Waals surface area (Å²) in [7, 11) is 0. The summed E-state index contributed by atoms with van der Waals surface area (Å²) in [6.45, 7) is 2.09. The molecule has 0 saturated carbocycles. The van der Waals surface area contributed by atoms with E-state index in [0.717, 1.165) is 5.56 Å². The first-order valence-corrected chi connectivity index (χ1v) is 13.9. The monoisotopic (exact) mass is 626 g/mol. The molecule has 0 aliphatic heterocycles. The molecule has 0 fully saturated rings. The number of unbranched alkanes of at least 4 members (excludes halogenated alkanes) is 1. The zero-order chi connectivity index (χ0) is 28.1. The molecule has 0 aliphatic carbocycles. The lowest BCUT2D eigenvalue weighted by atomic mass is 9.90. The normalized spacial score (nSPS) is 11.8. The summed E-state index contributed by atoms with van der Waals surface area (Å²) < 4.78 is 2.26. The Hall–Kier alpha value is -3.26. The smallest absolute Gasteiger partial charge is 0.303 e. The Morgan fingerprint density at radius 2 is 1.56 bits per heavy atom. The summed E-state index contributed by atoms with van der Waals surface area (Å²) in [5.41, 5.74) is 1.73. The van der Waals surface area contributed by atoms with E-state index < -0.39 is 23.0 Å². The number of benzene rings is 3. The highest BCUT2D eigenvalue weighted by Crippen LogP contribution is 2.35. The van der Waals surface area contributed by atoms with Crippen LogP contribution in [0.3, 0.4) is 0 Å². The van der Waals surface area contributed by atoms with Gasteiger partial charge in [-0.2, -0.15) is 0 Å². The summed E-state index contributed by atoms with van der Waals surface area (Å²) in [4.78, 5) is 43.7. The van der Waals surface area contributed by atoms with Gasteiger partial charge in [0.25, 0.3) is 11.1 Å². The standard InChI is InChI=1S/C30H25BrCl2N2O4/c1-18(19-9-13-21(32)14-10-19)26-28(23-6-2-3-7-24(23)31)35(17-5-4-8-25(36)37)30(39)27(34-29(26)38)20-11-15-22(33)16-12-20/h2-3,6-7,9-16,18H,4-5,8,17H2,1H3,(H,36,37). The fraction of sp³-hybridized carbons (Fsp3) is 0.200. The van der Waals surface area contributed by atoms with Crippen molar-refractivity contribution in [3.63, 3.8) is 0 Å². The number of carboxylic acids is 1. The van der Waals surface area contributed by atoms with Crippen LogP contribution in [0.15, 0.2) is 86.9 Å². The molecule has 1 unspecified atom stereocenters. The van der Waals surface area contributed by atoms with Crippen LogP contribution in [0.5, 0.6) is 0 Å². The van der Waals surface area contributed by atoms with Crippen molar-refractivity contribution in [1.82, 2.24) is 9.55 Å². The number of rotatable bonds is 9. The van der Waals surface area contributed by atoms with Crippen LogP contribution in [0, 0.1) is 0 Å². The molecule has 6 nitrogen and oxygen atoms in total. The first-order chi connectivity index (χ1) is 18.7. The van der Waals surface area contributed by atoms with Crippen molar-refractivity contribution >= 4 is 45.1 Å². The number of aromatic nitrogens is 2. The molecule has 0 radical (unpaired) electrons. The molecule has 0 aliphatic rings. The van der Waals surface area contributed by atoms with Crippen LogP contribution in [0.2, 0.25) is 10.0 Å². The molecule has 0 bridgehead atoms. The van der Waals surface area contributed by atoms with Gasteiger partial charge in [0.15, 0.2) is 0 Å². The first kappa shape index (κ1) is 28.7. The number of aliphatic carboxylic acids is 1. The van der Waals surface area contributed by atoms with Gasteiger partial charge in [-0.1, -0.05) is 88.5 Å². The van der Waals surface area contributed by atoms with Gasteiger partial charge in [-0.15, -0.1) is 0 Å². The van der Waals surface area contributed by atoms with Gasteiger partial charge in [-0.05, 0) is 48.7 Å². The maximum atomic E-state index is 14.2.